The first-order chi connectivity index (χ1) is 17.9. The number of oxime groups is 1. The Morgan fingerprint density at radius 3 is 2.16 bits per heavy atom. The van der Waals surface area contributed by atoms with E-state index in [4.69, 9.17) is 5.11 Å². The van der Waals surface area contributed by atoms with Crippen LogP contribution in [0.5, 0.6) is 0 Å². The van der Waals surface area contributed by atoms with Gasteiger partial charge in [0.1, 0.15) is 0 Å². The summed E-state index contributed by atoms with van der Waals surface area (Å²) in [5.74, 6) is -0.856. The van der Waals surface area contributed by atoms with Crippen LogP contribution in [0.2, 0.25) is 0 Å². The highest BCUT2D eigenvalue weighted by atomic mass is 16.4. The van der Waals surface area contributed by atoms with E-state index in [-0.39, 0.29) is 17.9 Å². The standard InChI is InChI=1S/C31H30N2O4/c1-21-5-3-4-6-27(21)28(19-29(32-37)26-16-17-30(34)33(2)20-26)25-14-12-24(13-15-25)23-10-7-22(8-11-23)9-18-31(35)36/h3-8,10-17,20,28,37H,9,18-19H2,1-2H3,(H,35,36). The van der Waals surface area contributed by atoms with Crippen LogP contribution in [-0.4, -0.2) is 26.6 Å². The number of carboxylic acids is 1. The Bertz CT molecular complexity index is 1470. The van der Waals surface area contributed by atoms with Crippen molar-refractivity contribution >= 4 is 11.7 Å². The molecule has 0 radical (unpaired) electrons. The van der Waals surface area contributed by atoms with Crippen LogP contribution in [0, 0.1) is 6.92 Å². The van der Waals surface area contributed by atoms with Gasteiger partial charge in [-0.15, -0.1) is 0 Å². The molecule has 0 aliphatic rings. The second-order valence-corrected chi connectivity index (χ2v) is 9.24. The molecule has 37 heavy (non-hydrogen) atoms. The third-order valence-corrected chi connectivity index (χ3v) is 6.73. The molecule has 1 unspecified atom stereocenters. The molecule has 3 aromatic carbocycles. The fourth-order valence-corrected chi connectivity index (χ4v) is 4.58. The lowest BCUT2D eigenvalue weighted by Crippen LogP contribution is -2.18. The van der Waals surface area contributed by atoms with Crippen LogP contribution in [0.3, 0.4) is 0 Å². The summed E-state index contributed by atoms with van der Waals surface area (Å²) in [6.07, 6.45) is 2.77. The van der Waals surface area contributed by atoms with Crippen LogP contribution in [0.4, 0.5) is 0 Å². The van der Waals surface area contributed by atoms with E-state index in [9.17, 15) is 14.8 Å². The lowest BCUT2D eigenvalue weighted by molar-refractivity contribution is -0.136. The molecule has 0 spiro atoms. The minimum absolute atomic E-state index is 0.0585. The van der Waals surface area contributed by atoms with E-state index in [1.807, 2.05) is 36.4 Å². The largest absolute Gasteiger partial charge is 0.481 e. The van der Waals surface area contributed by atoms with Gasteiger partial charge in [0.15, 0.2) is 0 Å². The van der Waals surface area contributed by atoms with Crippen LogP contribution in [-0.2, 0) is 18.3 Å². The average Bonchev–Trinajstić information content (AvgIpc) is 2.91. The van der Waals surface area contributed by atoms with Gasteiger partial charge in [-0.25, -0.2) is 0 Å². The first-order valence-electron chi connectivity index (χ1n) is 12.2. The molecule has 0 saturated heterocycles. The van der Waals surface area contributed by atoms with E-state index >= 15 is 0 Å². The zero-order valence-electron chi connectivity index (χ0n) is 21.0. The normalized spacial score (nSPS) is 12.3. The minimum Gasteiger partial charge on any atom is -0.481 e. The Hall–Kier alpha value is -4.45. The van der Waals surface area contributed by atoms with E-state index in [2.05, 4.69) is 48.5 Å². The fraction of sp³-hybridized carbons (Fsp3) is 0.194. The third kappa shape index (κ3) is 6.22. The number of carboxylic acid groups (broad SMARTS) is 1. The van der Waals surface area contributed by atoms with Crippen LogP contribution >= 0.6 is 0 Å². The molecule has 0 aliphatic carbocycles. The number of rotatable bonds is 9. The Balaban J connectivity index is 1.64. The van der Waals surface area contributed by atoms with E-state index in [1.54, 1.807) is 19.3 Å². The number of aryl methyl sites for hydroxylation is 3. The van der Waals surface area contributed by atoms with Gasteiger partial charge in [0.2, 0.25) is 5.56 Å². The molecule has 4 aromatic rings. The van der Waals surface area contributed by atoms with Crippen molar-refractivity contribution in [3.8, 4) is 11.1 Å². The predicted octanol–water partition coefficient (Wildman–Crippen LogP) is 5.78. The fourth-order valence-electron chi connectivity index (χ4n) is 4.58. The molecule has 1 aromatic heterocycles. The quantitative estimate of drug-likeness (QED) is 0.175. The summed E-state index contributed by atoms with van der Waals surface area (Å²) in [6, 6.07) is 27.7. The first kappa shape index (κ1) is 25.6. The lowest BCUT2D eigenvalue weighted by Gasteiger charge is -2.21. The van der Waals surface area contributed by atoms with Crippen LogP contribution in [0.25, 0.3) is 11.1 Å². The Morgan fingerprint density at radius 2 is 1.57 bits per heavy atom. The van der Waals surface area contributed by atoms with Gasteiger partial charge in [-0.3, -0.25) is 9.59 Å². The molecule has 0 fully saturated rings. The number of hydrogen-bond acceptors (Lipinski definition) is 4. The molecular weight excluding hydrogens is 464 g/mol. The molecule has 4 rings (SSSR count). The number of aromatic nitrogens is 1. The number of hydrogen-bond donors (Lipinski definition) is 2. The second-order valence-electron chi connectivity index (χ2n) is 9.24. The molecule has 1 atom stereocenters. The van der Waals surface area contributed by atoms with Gasteiger partial charge in [0, 0.05) is 43.6 Å². The van der Waals surface area contributed by atoms with E-state index < -0.39 is 5.97 Å². The minimum atomic E-state index is -0.798. The summed E-state index contributed by atoms with van der Waals surface area (Å²) in [7, 11) is 1.68. The highest BCUT2D eigenvalue weighted by molar-refractivity contribution is 6.00. The lowest BCUT2D eigenvalue weighted by atomic mass is 9.83. The number of nitrogens with zero attached hydrogens (tertiary/aromatic N) is 2. The van der Waals surface area contributed by atoms with Gasteiger partial charge in [-0.05, 0) is 52.8 Å². The number of carbonyl (C=O) groups is 1. The average molecular weight is 495 g/mol. The van der Waals surface area contributed by atoms with Crippen LogP contribution in [0.1, 0.15) is 46.6 Å². The summed E-state index contributed by atoms with van der Waals surface area (Å²) in [5, 5.41) is 22.4. The van der Waals surface area contributed by atoms with Crippen molar-refractivity contribution in [1.29, 1.82) is 0 Å². The predicted molar refractivity (Wildman–Crippen MR) is 145 cm³/mol. The zero-order chi connectivity index (χ0) is 26.4. The SMILES string of the molecule is Cc1ccccc1C(CC(=NO)c1ccc(=O)n(C)c1)c1ccc(-c2ccc(CCC(=O)O)cc2)cc1. The maximum absolute atomic E-state index is 11.9. The van der Waals surface area contributed by atoms with Crippen LogP contribution < -0.4 is 5.56 Å². The topological polar surface area (TPSA) is 91.9 Å². The molecule has 1 heterocycles. The van der Waals surface area contributed by atoms with Gasteiger partial charge < -0.3 is 14.9 Å². The molecule has 6 nitrogen and oxygen atoms in total. The Morgan fingerprint density at radius 1 is 0.919 bits per heavy atom. The molecule has 6 heteroatoms. The maximum Gasteiger partial charge on any atom is 0.303 e. The molecule has 0 bridgehead atoms. The van der Waals surface area contributed by atoms with Crippen molar-refractivity contribution in [2.75, 3.05) is 0 Å². The summed E-state index contributed by atoms with van der Waals surface area (Å²) in [6.45, 7) is 2.07. The Labute approximate surface area is 216 Å². The number of aliphatic carboxylic acids is 1. The van der Waals surface area contributed by atoms with E-state index in [0.29, 0.717) is 24.1 Å². The van der Waals surface area contributed by atoms with Crippen molar-refractivity contribution in [1.82, 2.24) is 4.57 Å². The van der Waals surface area contributed by atoms with Gasteiger partial charge >= 0.3 is 5.97 Å². The second kappa shape index (κ2) is 11.5. The van der Waals surface area contributed by atoms with Crippen molar-refractivity contribution < 1.29 is 15.1 Å². The van der Waals surface area contributed by atoms with Crippen molar-refractivity contribution in [2.24, 2.45) is 12.2 Å². The summed E-state index contributed by atoms with van der Waals surface area (Å²) >= 11 is 0. The van der Waals surface area contributed by atoms with Gasteiger partial charge in [0.25, 0.3) is 0 Å². The molecule has 188 valence electrons. The van der Waals surface area contributed by atoms with E-state index in [1.165, 1.54) is 10.6 Å². The monoisotopic (exact) mass is 494 g/mol. The number of benzene rings is 3. The van der Waals surface area contributed by atoms with Gasteiger partial charge in [-0.1, -0.05) is 78.0 Å². The molecule has 0 aliphatic heterocycles. The summed E-state index contributed by atoms with van der Waals surface area (Å²) in [4.78, 5) is 22.7. The van der Waals surface area contributed by atoms with Crippen molar-refractivity contribution in [2.45, 2.75) is 32.1 Å². The molecule has 0 amide bonds. The van der Waals surface area contributed by atoms with Crippen molar-refractivity contribution in [3.05, 3.63) is 129 Å². The molecule has 0 saturated carbocycles. The van der Waals surface area contributed by atoms with E-state index in [0.717, 1.165) is 33.4 Å². The van der Waals surface area contributed by atoms with Crippen LogP contribution in [0.15, 0.2) is 101 Å². The first-order valence-corrected chi connectivity index (χ1v) is 12.2. The highest BCUT2D eigenvalue weighted by Gasteiger charge is 2.21. The number of pyridine rings is 1. The maximum atomic E-state index is 11.9. The van der Waals surface area contributed by atoms with Gasteiger partial charge in [0.05, 0.1) is 5.71 Å². The van der Waals surface area contributed by atoms with Crippen molar-refractivity contribution in [3.63, 3.8) is 0 Å². The highest BCUT2D eigenvalue weighted by Crippen LogP contribution is 2.33. The Kier molecular flexibility index (Phi) is 7.98. The van der Waals surface area contributed by atoms with Gasteiger partial charge in [-0.2, -0.15) is 0 Å². The summed E-state index contributed by atoms with van der Waals surface area (Å²) < 4.78 is 1.48. The molecular formula is C31H30N2O4. The zero-order valence-corrected chi connectivity index (χ0v) is 21.0. The molecule has 2 N–H and O–H groups in total. The third-order valence-electron chi connectivity index (χ3n) is 6.73. The summed E-state index contributed by atoms with van der Waals surface area (Å²) in [5.41, 5.74) is 7.57. The smallest absolute Gasteiger partial charge is 0.303 e.